The monoisotopic (exact) mass is 245 g/mol. The molecule has 2 nitrogen and oxygen atoms in total. The second-order valence-electron chi connectivity index (χ2n) is 3.92. The zero-order valence-corrected chi connectivity index (χ0v) is 10.3. The standard InChI is InChI=1S/C12H17ClFNO/c1-3-9(7-16)6-15-12-5-11(14)8(2)4-10(12)13/h4-5,9,15-16H,3,6-7H2,1-2H3. The molecule has 0 aliphatic carbocycles. The van der Waals surface area contributed by atoms with E-state index in [0.29, 0.717) is 22.8 Å². The predicted molar refractivity (Wildman–Crippen MR) is 65.5 cm³/mol. The molecular formula is C12H17ClFNO. The molecule has 1 rings (SSSR count). The van der Waals surface area contributed by atoms with Gasteiger partial charge in [0.25, 0.3) is 0 Å². The molecule has 0 radical (unpaired) electrons. The highest BCUT2D eigenvalue weighted by Crippen LogP contribution is 2.25. The van der Waals surface area contributed by atoms with E-state index in [1.165, 1.54) is 6.07 Å². The van der Waals surface area contributed by atoms with Gasteiger partial charge in [0, 0.05) is 13.2 Å². The van der Waals surface area contributed by atoms with Crippen molar-refractivity contribution in [1.82, 2.24) is 0 Å². The van der Waals surface area contributed by atoms with Gasteiger partial charge in [0.05, 0.1) is 10.7 Å². The Labute approximate surface area is 100 Å². The Morgan fingerprint density at radius 1 is 1.50 bits per heavy atom. The summed E-state index contributed by atoms with van der Waals surface area (Å²) in [4.78, 5) is 0. The van der Waals surface area contributed by atoms with Crippen molar-refractivity contribution in [2.24, 2.45) is 5.92 Å². The van der Waals surface area contributed by atoms with Gasteiger partial charge in [-0.15, -0.1) is 0 Å². The molecule has 90 valence electrons. The molecule has 0 bridgehead atoms. The number of aliphatic hydroxyl groups is 1. The van der Waals surface area contributed by atoms with Gasteiger partial charge in [0.15, 0.2) is 0 Å². The molecule has 1 aromatic rings. The van der Waals surface area contributed by atoms with E-state index in [1.54, 1.807) is 13.0 Å². The molecule has 2 N–H and O–H groups in total. The van der Waals surface area contributed by atoms with Crippen LogP contribution in [-0.4, -0.2) is 18.3 Å². The predicted octanol–water partition coefficient (Wildman–Crippen LogP) is 3.22. The Kier molecular flexibility index (Phi) is 5.03. The molecule has 0 heterocycles. The fourth-order valence-corrected chi connectivity index (χ4v) is 1.66. The highest BCUT2D eigenvalue weighted by molar-refractivity contribution is 6.33. The van der Waals surface area contributed by atoms with Crippen molar-refractivity contribution in [3.63, 3.8) is 0 Å². The van der Waals surface area contributed by atoms with Gasteiger partial charge in [-0.1, -0.05) is 18.5 Å². The molecule has 0 aliphatic rings. The minimum atomic E-state index is -0.274. The molecule has 1 atom stereocenters. The summed E-state index contributed by atoms with van der Waals surface area (Å²) in [7, 11) is 0. The minimum absolute atomic E-state index is 0.120. The molecule has 4 heteroatoms. The Balaban J connectivity index is 2.70. The van der Waals surface area contributed by atoms with Crippen molar-refractivity contribution in [1.29, 1.82) is 0 Å². The summed E-state index contributed by atoms with van der Waals surface area (Å²) in [6.07, 6.45) is 0.870. The molecule has 0 saturated heterocycles. The van der Waals surface area contributed by atoms with Crippen LogP contribution in [0.3, 0.4) is 0 Å². The van der Waals surface area contributed by atoms with Crippen molar-refractivity contribution in [3.8, 4) is 0 Å². The summed E-state index contributed by atoms with van der Waals surface area (Å²) in [6, 6.07) is 2.99. The molecule has 1 unspecified atom stereocenters. The molecule has 1 aromatic carbocycles. The fourth-order valence-electron chi connectivity index (χ4n) is 1.37. The van der Waals surface area contributed by atoms with E-state index in [-0.39, 0.29) is 18.3 Å². The number of hydrogen-bond acceptors (Lipinski definition) is 2. The lowest BCUT2D eigenvalue weighted by atomic mass is 10.1. The second-order valence-corrected chi connectivity index (χ2v) is 4.33. The third kappa shape index (κ3) is 3.35. The Morgan fingerprint density at radius 2 is 2.19 bits per heavy atom. The smallest absolute Gasteiger partial charge is 0.128 e. The highest BCUT2D eigenvalue weighted by Gasteiger charge is 2.08. The second kappa shape index (κ2) is 6.06. The third-order valence-corrected chi connectivity index (χ3v) is 2.98. The van der Waals surface area contributed by atoms with Crippen molar-refractivity contribution >= 4 is 17.3 Å². The Hall–Kier alpha value is -0.800. The Morgan fingerprint density at radius 3 is 2.75 bits per heavy atom. The first-order valence-electron chi connectivity index (χ1n) is 5.38. The van der Waals surface area contributed by atoms with Gasteiger partial charge >= 0.3 is 0 Å². The largest absolute Gasteiger partial charge is 0.396 e. The summed E-state index contributed by atoms with van der Waals surface area (Å²) in [5.41, 5.74) is 1.11. The SMILES string of the molecule is CCC(CO)CNc1cc(F)c(C)cc1Cl. The lowest BCUT2D eigenvalue weighted by molar-refractivity contribution is 0.230. The van der Waals surface area contributed by atoms with E-state index in [9.17, 15) is 4.39 Å². The molecule has 0 saturated carbocycles. The minimum Gasteiger partial charge on any atom is -0.396 e. The van der Waals surface area contributed by atoms with E-state index >= 15 is 0 Å². The van der Waals surface area contributed by atoms with Crippen molar-refractivity contribution < 1.29 is 9.50 Å². The number of anilines is 1. The number of hydrogen-bond donors (Lipinski definition) is 2. The molecule has 0 spiro atoms. The van der Waals surface area contributed by atoms with Crippen LogP contribution in [-0.2, 0) is 0 Å². The maximum Gasteiger partial charge on any atom is 0.128 e. The first kappa shape index (κ1) is 13.3. The first-order valence-corrected chi connectivity index (χ1v) is 5.76. The molecule has 0 aliphatic heterocycles. The average molecular weight is 246 g/mol. The summed E-state index contributed by atoms with van der Waals surface area (Å²) in [5.74, 6) is -0.107. The number of rotatable bonds is 5. The maximum atomic E-state index is 13.3. The van der Waals surface area contributed by atoms with Crippen LogP contribution in [0.1, 0.15) is 18.9 Å². The lowest BCUT2D eigenvalue weighted by Crippen LogP contribution is -2.17. The molecule has 0 aromatic heterocycles. The number of halogens is 2. The van der Waals surface area contributed by atoms with Gasteiger partial charge < -0.3 is 10.4 Å². The van der Waals surface area contributed by atoms with Crippen molar-refractivity contribution in [2.75, 3.05) is 18.5 Å². The number of nitrogens with one attached hydrogen (secondary N) is 1. The third-order valence-electron chi connectivity index (χ3n) is 2.67. The van der Waals surface area contributed by atoms with Crippen LogP contribution in [0.25, 0.3) is 0 Å². The number of benzene rings is 1. The molecule has 16 heavy (non-hydrogen) atoms. The summed E-state index contributed by atoms with van der Waals surface area (Å²) in [6.45, 7) is 4.39. The van der Waals surface area contributed by atoms with Gasteiger partial charge in [0.2, 0.25) is 0 Å². The maximum absolute atomic E-state index is 13.3. The van der Waals surface area contributed by atoms with Crippen LogP contribution in [0.2, 0.25) is 5.02 Å². The van der Waals surface area contributed by atoms with Crippen molar-refractivity contribution in [2.45, 2.75) is 20.3 Å². The van der Waals surface area contributed by atoms with E-state index in [1.807, 2.05) is 6.92 Å². The number of aryl methyl sites for hydroxylation is 1. The van der Waals surface area contributed by atoms with Crippen LogP contribution in [0.15, 0.2) is 12.1 Å². The highest BCUT2D eigenvalue weighted by atomic mass is 35.5. The number of aliphatic hydroxyl groups excluding tert-OH is 1. The van der Waals surface area contributed by atoms with Gasteiger partial charge in [0.1, 0.15) is 5.82 Å². The van der Waals surface area contributed by atoms with E-state index in [2.05, 4.69) is 5.32 Å². The molecule has 0 amide bonds. The van der Waals surface area contributed by atoms with Crippen LogP contribution in [0.4, 0.5) is 10.1 Å². The topological polar surface area (TPSA) is 32.3 Å². The Bertz CT molecular complexity index is 353. The van der Waals surface area contributed by atoms with E-state index < -0.39 is 0 Å². The summed E-state index contributed by atoms with van der Waals surface area (Å²) in [5, 5.41) is 12.6. The van der Waals surface area contributed by atoms with Crippen LogP contribution in [0.5, 0.6) is 0 Å². The van der Waals surface area contributed by atoms with Crippen LogP contribution < -0.4 is 5.32 Å². The summed E-state index contributed by atoms with van der Waals surface area (Å²) >= 11 is 5.98. The summed E-state index contributed by atoms with van der Waals surface area (Å²) < 4.78 is 13.3. The zero-order valence-electron chi connectivity index (χ0n) is 9.56. The lowest BCUT2D eigenvalue weighted by Gasteiger charge is -2.15. The average Bonchev–Trinajstić information content (AvgIpc) is 2.26. The van der Waals surface area contributed by atoms with E-state index in [0.717, 1.165) is 6.42 Å². The normalized spacial score (nSPS) is 12.6. The van der Waals surface area contributed by atoms with Gasteiger partial charge in [-0.05, 0) is 37.0 Å². The van der Waals surface area contributed by atoms with Gasteiger partial charge in [-0.25, -0.2) is 4.39 Å². The van der Waals surface area contributed by atoms with Gasteiger partial charge in [-0.2, -0.15) is 0 Å². The van der Waals surface area contributed by atoms with Crippen LogP contribution >= 0.6 is 11.6 Å². The molecular weight excluding hydrogens is 229 g/mol. The first-order chi connectivity index (χ1) is 7.58. The van der Waals surface area contributed by atoms with Gasteiger partial charge in [-0.3, -0.25) is 0 Å². The molecule has 0 fully saturated rings. The fraction of sp³-hybridized carbons (Fsp3) is 0.500. The van der Waals surface area contributed by atoms with E-state index in [4.69, 9.17) is 16.7 Å². The van der Waals surface area contributed by atoms with Crippen molar-refractivity contribution in [3.05, 3.63) is 28.5 Å². The zero-order chi connectivity index (χ0) is 12.1. The quantitative estimate of drug-likeness (QED) is 0.835. The van der Waals surface area contributed by atoms with Crippen LogP contribution in [0, 0.1) is 18.7 Å².